The molecule has 0 bridgehead atoms. The minimum Gasteiger partial charge on any atom is -0.326 e. The van der Waals surface area contributed by atoms with Crippen molar-refractivity contribution < 1.29 is 8.42 Å². The monoisotopic (exact) mass is 324 g/mol. The summed E-state index contributed by atoms with van der Waals surface area (Å²) < 4.78 is 26.3. The van der Waals surface area contributed by atoms with Crippen LogP contribution in [0.3, 0.4) is 0 Å². The van der Waals surface area contributed by atoms with Crippen LogP contribution in [0.15, 0.2) is 53.4 Å². The summed E-state index contributed by atoms with van der Waals surface area (Å²) >= 11 is 5.82. The highest BCUT2D eigenvalue weighted by atomic mass is 35.5. The lowest BCUT2D eigenvalue weighted by Crippen LogP contribution is -2.26. The molecule has 2 aromatic rings. The van der Waals surface area contributed by atoms with Crippen molar-refractivity contribution in [3.05, 3.63) is 64.7 Å². The van der Waals surface area contributed by atoms with Crippen molar-refractivity contribution in [1.82, 2.24) is 4.31 Å². The quantitative estimate of drug-likeness (QED) is 0.919. The van der Waals surface area contributed by atoms with E-state index in [9.17, 15) is 8.42 Å². The van der Waals surface area contributed by atoms with Crippen LogP contribution >= 0.6 is 11.6 Å². The summed E-state index contributed by atoms with van der Waals surface area (Å²) in [5, 5.41) is 0.627. The zero-order valence-corrected chi connectivity index (χ0v) is 13.2. The summed E-state index contributed by atoms with van der Waals surface area (Å²) in [7, 11) is -1.96. The number of hydrogen-bond donors (Lipinski definition) is 1. The van der Waals surface area contributed by atoms with Crippen LogP contribution in [0.5, 0.6) is 0 Å². The van der Waals surface area contributed by atoms with Crippen LogP contribution in [0.2, 0.25) is 5.02 Å². The third-order valence-electron chi connectivity index (χ3n) is 3.19. The van der Waals surface area contributed by atoms with Crippen LogP contribution in [-0.2, 0) is 23.1 Å². The molecule has 0 unspecified atom stereocenters. The molecular weight excluding hydrogens is 308 g/mol. The molecule has 4 nitrogen and oxygen atoms in total. The van der Waals surface area contributed by atoms with Crippen LogP contribution in [0.4, 0.5) is 0 Å². The van der Waals surface area contributed by atoms with Crippen molar-refractivity contribution in [2.75, 3.05) is 7.05 Å². The van der Waals surface area contributed by atoms with E-state index in [0.29, 0.717) is 11.6 Å². The molecule has 21 heavy (non-hydrogen) atoms. The van der Waals surface area contributed by atoms with E-state index in [1.165, 1.54) is 4.31 Å². The molecule has 2 N–H and O–H groups in total. The van der Waals surface area contributed by atoms with Gasteiger partial charge in [0.1, 0.15) is 0 Å². The fraction of sp³-hybridized carbons (Fsp3) is 0.200. The molecule has 0 spiro atoms. The summed E-state index contributed by atoms with van der Waals surface area (Å²) in [5.41, 5.74) is 7.29. The molecule has 0 saturated carbocycles. The first-order valence-electron chi connectivity index (χ1n) is 6.43. The van der Waals surface area contributed by atoms with Crippen molar-refractivity contribution in [3.63, 3.8) is 0 Å². The molecule has 0 amide bonds. The van der Waals surface area contributed by atoms with Gasteiger partial charge in [0.2, 0.25) is 10.0 Å². The molecule has 0 atom stereocenters. The van der Waals surface area contributed by atoms with Crippen LogP contribution in [0.25, 0.3) is 0 Å². The van der Waals surface area contributed by atoms with Gasteiger partial charge in [0.05, 0.1) is 4.90 Å². The van der Waals surface area contributed by atoms with E-state index in [1.54, 1.807) is 43.4 Å². The van der Waals surface area contributed by atoms with E-state index >= 15 is 0 Å². The van der Waals surface area contributed by atoms with Gasteiger partial charge in [-0.3, -0.25) is 0 Å². The van der Waals surface area contributed by atoms with E-state index in [1.807, 2.05) is 12.1 Å². The molecule has 112 valence electrons. The highest BCUT2D eigenvalue weighted by Gasteiger charge is 2.20. The summed E-state index contributed by atoms with van der Waals surface area (Å²) in [5.74, 6) is 0. The van der Waals surface area contributed by atoms with Gasteiger partial charge in [-0.25, -0.2) is 8.42 Å². The SMILES string of the molecule is CN(Cc1ccc(Cl)cc1)S(=O)(=O)c1ccc(CN)cc1. The number of benzene rings is 2. The van der Waals surface area contributed by atoms with Crippen LogP contribution in [0, 0.1) is 0 Å². The average molecular weight is 325 g/mol. The Labute approximate surface area is 130 Å². The molecule has 2 aromatic carbocycles. The molecule has 0 radical (unpaired) electrons. The predicted molar refractivity (Wildman–Crippen MR) is 84.4 cm³/mol. The smallest absolute Gasteiger partial charge is 0.243 e. The van der Waals surface area contributed by atoms with Gasteiger partial charge in [0.25, 0.3) is 0 Å². The molecule has 0 aromatic heterocycles. The Balaban J connectivity index is 2.19. The standard InChI is InChI=1S/C15H17ClN2O2S/c1-18(11-13-2-6-14(16)7-3-13)21(19,20)15-8-4-12(10-17)5-9-15/h2-9H,10-11,17H2,1H3. The summed E-state index contributed by atoms with van der Waals surface area (Å²) in [6.07, 6.45) is 0. The van der Waals surface area contributed by atoms with Gasteiger partial charge in [-0.15, -0.1) is 0 Å². The lowest BCUT2D eigenvalue weighted by atomic mass is 10.2. The zero-order chi connectivity index (χ0) is 15.5. The van der Waals surface area contributed by atoms with Gasteiger partial charge in [-0.05, 0) is 35.4 Å². The van der Waals surface area contributed by atoms with Crippen LogP contribution in [0.1, 0.15) is 11.1 Å². The Morgan fingerprint density at radius 1 is 1.00 bits per heavy atom. The van der Waals surface area contributed by atoms with E-state index in [4.69, 9.17) is 17.3 Å². The Morgan fingerprint density at radius 2 is 1.52 bits per heavy atom. The molecule has 0 fully saturated rings. The number of halogens is 1. The predicted octanol–water partition coefficient (Wildman–Crippen LogP) is 2.62. The van der Waals surface area contributed by atoms with E-state index < -0.39 is 10.0 Å². The van der Waals surface area contributed by atoms with E-state index in [0.717, 1.165) is 11.1 Å². The maximum absolute atomic E-state index is 12.5. The Morgan fingerprint density at radius 3 is 2.05 bits per heavy atom. The molecule has 0 saturated heterocycles. The Kier molecular flexibility index (Phi) is 5.00. The maximum atomic E-state index is 12.5. The largest absolute Gasteiger partial charge is 0.326 e. The minimum atomic E-state index is -3.51. The van der Waals surface area contributed by atoms with Gasteiger partial charge < -0.3 is 5.73 Å². The highest BCUT2D eigenvalue weighted by molar-refractivity contribution is 7.89. The second-order valence-electron chi connectivity index (χ2n) is 4.74. The summed E-state index contributed by atoms with van der Waals surface area (Å²) in [6, 6.07) is 13.7. The van der Waals surface area contributed by atoms with Gasteiger partial charge in [0.15, 0.2) is 0 Å². The van der Waals surface area contributed by atoms with E-state index in [-0.39, 0.29) is 11.4 Å². The highest BCUT2D eigenvalue weighted by Crippen LogP contribution is 2.18. The Bertz CT molecular complexity index is 697. The molecule has 6 heteroatoms. The number of nitrogens with two attached hydrogens (primary N) is 1. The van der Waals surface area contributed by atoms with Crippen LogP contribution in [-0.4, -0.2) is 19.8 Å². The second kappa shape index (κ2) is 6.58. The summed E-state index contributed by atoms with van der Waals surface area (Å²) in [4.78, 5) is 0.260. The van der Waals surface area contributed by atoms with Crippen molar-refractivity contribution in [1.29, 1.82) is 0 Å². The first-order chi connectivity index (χ1) is 9.93. The van der Waals surface area contributed by atoms with Crippen molar-refractivity contribution in [3.8, 4) is 0 Å². The number of sulfonamides is 1. The lowest BCUT2D eigenvalue weighted by molar-refractivity contribution is 0.466. The molecule has 2 rings (SSSR count). The van der Waals surface area contributed by atoms with Gasteiger partial charge in [-0.2, -0.15) is 4.31 Å². The van der Waals surface area contributed by atoms with Gasteiger partial charge in [0, 0.05) is 25.2 Å². The maximum Gasteiger partial charge on any atom is 0.243 e. The topological polar surface area (TPSA) is 63.4 Å². The second-order valence-corrected chi connectivity index (χ2v) is 7.22. The first-order valence-corrected chi connectivity index (χ1v) is 8.25. The minimum absolute atomic E-state index is 0.260. The average Bonchev–Trinajstić information content (AvgIpc) is 2.49. The first kappa shape index (κ1) is 16.0. The van der Waals surface area contributed by atoms with Crippen molar-refractivity contribution in [2.24, 2.45) is 5.73 Å². The van der Waals surface area contributed by atoms with Crippen molar-refractivity contribution >= 4 is 21.6 Å². The number of nitrogens with zero attached hydrogens (tertiary/aromatic N) is 1. The normalized spacial score (nSPS) is 11.8. The van der Waals surface area contributed by atoms with Gasteiger partial charge in [-0.1, -0.05) is 35.9 Å². The molecule has 0 aliphatic rings. The fourth-order valence-corrected chi connectivity index (χ4v) is 3.19. The summed E-state index contributed by atoms with van der Waals surface area (Å²) in [6.45, 7) is 0.680. The molecular formula is C15H17ClN2O2S. The number of hydrogen-bond acceptors (Lipinski definition) is 3. The fourth-order valence-electron chi connectivity index (χ4n) is 1.91. The Hall–Kier alpha value is -1.40. The third kappa shape index (κ3) is 3.83. The van der Waals surface area contributed by atoms with Crippen LogP contribution < -0.4 is 5.73 Å². The number of rotatable bonds is 5. The molecule has 0 heterocycles. The van der Waals surface area contributed by atoms with Gasteiger partial charge >= 0.3 is 0 Å². The zero-order valence-electron chi connectivity index (χ0n) is 11.7. The molecule has 0 aliphatic carbocycles. The van der Waals surface area contributed by atoms with E-state index in [2.05, 4.69) is 0 Å². The third-order valence-corrected chi connectivity index (χ3v) is 5.26. The molecule has 0 aliphatic heterocycles. The lowest BCUT2D eigenvalue weighted by Gasteiger charge is -2.17. The van der Waals surface area contributed by atoms with Crippen molar-refractivity contribution in [2.45, 2.75) is 18.0 Å².